The van der Waals surface area contributed by atoms with E-state index in [2.05, 4.69) is 56.4 Å². The monoisotopic (exact) mass is 242 g/mol. The van der Waals surface area contributed by atoms with Crippen molar-refractivity contribution in [2.24, 2.45) is 5.41 Å². The first-order valence-electron chi connectivity index (χ1n) is 6.67. The van der Waals surface area contributed by atoms with Crippen molar-refractivity contribution in [3.05, 3.63) is 29.8 Å². The van der Waals surface area contributed by atoms with Crippen LogP contribution in [0.3, 0.4) is 0 Å². The Balaban J connectivity index is 2.09. The van der Waals surface area contributed by atoms with Crippen molar-refractivity contribution in [2.45, 2.75) is 45.4 Å². The molecule has 0 amide bonds. The second kappa shape index (κ2) is 4.65. The Labute approximate surface area is 110 Å². The van der Waals surface area contributed by atoms with Crippen molar-refractivity contribution in [1.82, 2.24) is 0 Å². The van der Waals surface area contributed by atoms with Crippen LogP contribution in [0.5, 0.6) is 0 Å². The van der Waals surface area contributed by atoms with E-state index >= 15 is 0 Å². The highest BCUT2D eigenvalue weighted by Gasteiger charge is 2.42. The highest BCUT2D eigenvalue weighted by molar-refractivity contribution is 5.54. The maximum atomic E-state index is 8.85. The molecule has 0 heterocycles. The molecule has 0 aliphatic heterocycles. The van der Waals surface area contributed by atoms with Gasteiger partial charge in [0.05, 0.1) is 6.07 Å². The molecule has 0 bridgehead atoms. The van der Waals surface area contributed by atoms with Gasteiger partial charge in [-0.25, -0.2) is 0 Å². The zero-order valence-corrected chi connectivity index (χ0v) is 11.6. The summed E-state index contributed by atoms with van der Waals surface area (Å²) in [5, 5.41) is 12.4. The molecular formula is C16H22N2. The topological polar surface area (TPSA) is 35.8 Å². The lowest BCUT2D eigenvalue weighted by atomic mass is 9.85. The Morgan fingerprint density at radius 2 is 1.94 bits per heavy atom. The molecule has 0 spiro atoms. The first-order valence-corrected chi connectivity index (χ1v) is 6.67. The van der Waals surface area contributed by atoms with Crippen molar-refractivity contribution in [3.8, 4) is 6.07 Å². The van der Waals surface area contributed by atoms with Crippen LogP contribution in [0.1, 0.15) is 45.6 Å². The number of nitrogens with one attached hydrogen (secondary N) is 1. The summed E-state index contributed by atoms with van der Waals surface area (Å²) in [5.41, 5.74) is 2.96. The van der Waals surface area contributed by atoms with Gasteiger partial charge in [0.25, 0.3) is 0 Å². The summed E-state index contributed by atoms with van der Waals surface area (Å²) >= 11 is 0. The molecular weight excluding hydrogens is 220 g/mol. The lowest BCUT2D eigenvalue weighted by Gasteiger charge is -2.24. The molecule has 1 fully saturated rings. The van der Waals surface area contributed by atoms with E-state index in [4.69, 9.17) is 5.26 Å². The maximum absolute atomic E-state index is 8.85. The molecule has 0 unspecified atom stereocenters. The molecule has 96 valence electrons. The van der Waals surface area contributed by atoms with E-state index in [1.807, 2.05) is 0 Å². The number of benzene rings is 1. The van der Waals surface area contributed by atoms with Gasteiger partial charge in [0, 0.05) is 24.1 Å². The van der Waals surface area contributed by atoms with Gasteiger partial charge in [-0.05, 0) is 29.9 Å². The summed E-state index contributed by atoms with van der Waals surface area (Å²) < 4.78 is 0. The molecule has 1 saturated carbocycles. The highest BCUT2D eigenvalue weighted by Crippen LogP contribution is 2.48. The smallest absolute Gasteiger partial charge is 0.0628 e. The molecule has 2 heteroatoms. The molecule has 1 aliphatic carbocycles. The number of anilines is 1. The van der Waals surface area contributed by atoms with Crippen LogP contribution in [0.2, 0.25) is 0 Å². The number of hydrogen-bond acceptors (Lipinski definition) is 2. The summed E-state index contributed by atoms with van der Waals surface area (Å²) in [4.78, 5) is 0. The molecule has 2 nitrogen and oxygen atoms in total. The van der Waals surface area contributed by atoms with Crippen LogP contribution in [0.15, 0.2) is 24.3 Å². The van der Waals surface area contributed by atoms with E-state index in [9.17, 15) is 0 Å². The quantitative estimate of drug-likeness (QED) is 0.863. The zero-order valence-electron chi connectivity index (χ0n) is 11.6. The summed E-state index contributed by atoms with van der Waals surface area (Å²) in [7, 11) is 0. The maximum Gasteiger partial charge on any atom is 0.0628 e. The van der Waals surface area contributed by atoms with Gasteiger partial charge in [0.15, 0.2) is 0 Å². The van der Waals surface area contributed by atoms with Crippen molar-refractivity contribution in [1.29, 1.82) is 5.26 Å². The van der Waals surface area contributed by atoms with Crippen LogP contribution in [0.4, 0.5) is 5.69 Å². The standard InChI is InChI=1S/C16H22N2/c1-15(2,3)13-6-4-5-7-14(13)18-12-16(8-9-16)10-11-17/h4-7,18H,8-10,12H2,1-3H3. The van der Waals surface area contributed by atoms with Crippen LogP contribution in [0.25, 0.3) is 0 Å². The summed E-state index contributed by atoms with van der Waals surface area (Å²) in [6.45, 7) is 7.62. The lowest BCUT2D eigenvalue weighted by Crippen LogP contribution is -2.19. The molecule has 0 atom stereocenters. The second-order valence-electron chi connectivity index (χ2n) is 6.48. The SMILES string of the molecule is CC(C)(C)c1ccccc1NCC1(CC#N)CC1. The van der Waals surface area contributed by atoms with Gasteiger partial charge in [0.1, 0.15) is 0 Å². The summed E-state index contributed by atoms with van der Waals surface area (Å²) in [5.74, 6) is 0. The van der Waals surface area contributed by atoms with Crippen LogP contribution >= 0.6 is 0 Å². The van der Waals surface area contributed by atoms with Gasteiger partial charge in [-0.15, -0.1) is 0 Å². The second-order valence-corrected chi connectivity index (χ2v) is 6.48. The van der Waals surface area contributed by atoms with Gasteiger partial charge in [-0.2, -0.15) is 5.26 Å². The van der Waals surface area contributed by atoms with Crippen molar-refractivity contribution < 1.29 is 0 Å². The van der Waals surface area contributed by atoms with Gasteiger partial charge in [0.2, 0.25) is 0 Å². The average molecular weight is 242 g/mol. The van der Waals surface area contributed by atoms with Crippen LogP contribution in [0, 0.1) is 16.7 Å². The van der Waals surface area contributed by atoms with Crippen LogP contribution < -0.4 is 5.32 Å². The van der Waals surface area contributed by atoms with Crippen LogP contribution in [-0.4, -0.2) is 6.54 Å². The first kappa shape index (κ1) is 13.0. The van der Waals surface area contributed by atoms with Gasteiger partial charge in [-0.1, -0.05) is 39.0 Å². The number of hydrogen-bond donors (Lipinski definition) is 1. The molecule has 18 heavy (non-hydrogen) atoms. The van der Waals surface area contributed by atoms with Crippen molar-refractivity contribution in [3.63, 3.8) is 0 Å². The molecule has 2 rings (SSSR count). The minimum absolute atomic E-state index is 0.148. The minimum Gasteiger partial charge on any atom is -0.384 e. The van der Waals surface area contributed by atoms with Crippen molar-refractivity contribution >= 4 is 5.69 Å². The molecule has 0 aromatic heterocycles. The fraction of sp³-hybridized carbons (Fsp3) is 0.562. The van der Waals surface area contributed by atoms with E-state index in [1.165, 1.54) is 24.1 Å². The summed E-state index contributed by atoms with van der Waals surface area (Å²) in [6, 6.07) is 10.8. The molecule has 1 aromatic carbocycles. The van der Waals surface area contributed by atoms with E-state index in [1.54, 1.807) is 0 Å². The van der Waals surface area contributed by atoms with Gasteiger partial charge in [-0.3, -0.25) is 0 Å². The Kier molecular flexibility index (Phi) is 3.34. The molecule has 1 aliphatic rings. The predicted molar refractivity (Wildman–Crippen MR) is 75.5 cm³/mol. The number of para-hydroxylation sites is 1. The third-order valence-electron chi connectivity index (χ3n) is 3.80. The minimum atomic E-state index is 0.148. The van der Waals surface area contributed by atoms with Crippen molar-refractivity contribution in [2.75, 3.05) is 11.9 Å². The third kappa shape index (κ3) is 2.85. The van der Waals surface area contributed by atoms with E-state index < -0.39 is 0 Å². The van der Waals surface area contributed by atoms with E-state index in [-0.39, 0.29) is 10.8 Å². The van der Waals surface area contributed by atoms with Gasteiger partial charge < -0.3 is 5.32 Å². The third-order valence-corrected chi connectivity index (χ3v) is 3.80. The Bertz CT molecular complexity index is 459. The Morgan fingerprint density at radius 3 is 2.50 bits per heavy atom. The largest absolute Gasteiger partial charge is 0.384 e. The molecule has 1 N–H and O–H groups in total. The number of rotatable bonds is 4. The lowest BCUT2D eigenvalue weighted by molar-refractivity contribution is 0.552. The average Bonchev–Trinajstić information content (AvgIpc) is 3.07. The molecule has 1 aromatic rings. The highest BCUT2D eigenvalue weighted by atomic mass is 14.9. The fourth-order valence-corrected chi connectivity index (χ4v) is 2.33. The Morgan fingerprint density at radius 1 is 1.28 bits per heavy atom. The van der Waals surface area contributed by atoms with Crippen LogP contribution in [-0.2, 0) is 5.41 Å². The fourth-order valence-electron chi connectivity index (χ4n) is 2.33. The number of nitrogens with zero attached hydrogens (tertiary/aromatic N) is 1. The first-order chi connectivity index (χ1) is 8.47. The molecule has 0 saturated heterocycles. The van der Waals surface area contributed by atoms with Gasteiger partial charge >= 0.3 is 0 Å². The summed E-state index contributed by atoms with van der Waals surface area (Å²) in [6.07, 6.45) is 3.05. The van der Waals surface area contributed by atoms with E-state index in [0.29, 0.717) is 6.42 Å². The Hall–Kier alpha value is -1.49. The van der Waals surface area contributed by atoms with E-state index in [0.717, 1.165) is 6.54 Å². The predicted octanol–water partition coefficient (Wildman–Crippen LogP) is 4.09. The number of nitriles is 1. The zero-order chi connectivity index (χ0) is 13.2. The molecule has 0 radical (unpaired) electrons. The normalized spacial score (nSPS) is 17.0.